The minimum Gasteiger partial charge on any atom is -0.396 e. The molecule has 1 atom stereocenters. The summed E-state index contributed by atoms with van der Waals surface area (Å²) >= 11 is 6.20. The zero-order valence-corrected chi connectivity index (χ0v) is 12.3. The first-order valence-corrected chi connectivity index (χ1v) is 7.54. The zero-order valence-electron chi connectivity index (χ0n) is 10.8. The van der Waals surface area contributed by atoms with Gasteiger partial charge in [-0.15, -0.1) is 0 Å². The maximum atomic E-state index is 12.4. The summed E-state index contributed by atoms with van der Waals surface area (Å²) in [5.74, 6) is 0.293. The van der Waals surface area contributed by atoms with E-state index in [2.05, 4.69) is 10.1 Å². The minimum absolute atomic E-state index is 0.293. The Hall–Kier alpha value is -1.40. The molecule has 2 N–H and O–H groups in total. The third-order valence-corrected chi connectivity index (χ3v) is 4.67. The molecule has 0 aliphatic heterocycles. The predicted octanol–water partition coefficient (Wildman–Crippen LogP) is 2.15. The van der Waals surface area contributed by atoms with Crippen molar-refractivity contribution in [2.24, 2.45) is 0 Å². The molecule has 0 fully saturated rings. The summed E-state index contributed by atoms with van der Waals surface area (Å²) in [7, 11) is -1.27. The van der Waals surface area contributed by atoms with Gasteiger partial charge >= 0.3 is 0 Å². The molecule has 0 aliphatic rings. The molecule has 2 rings (SSSR count). The van der Waals surface area contributed by atoms with Crippen molar-refractivity contribution in [3.8, 4) is 0 Å². The van der Waals surface area contributed by atoms with E-state index < -0.39 is 10.8 Å². The standard InChI is InChI=1S/C12H15ClN4OS/c1-3-17-10(12(13)8(2)16-17)7-19(18)11-4-5-15-6-9(11)14/h4-6H,3,7,14H2,1-2H3. The number of nitrogens with zero attached hydrogens (tertiary/aromatic N) is 3. The molecule has 7 heteroatoms. The lowest BCUT2D eigenvalue weighted by atomic mass is 10.4. The summed E-state index contributed by atoms with van der Waals surface area (Å²) in [5.41, 5.74) is 7.73. The highest BCUT2D eigenvalue weighted by atomic mass is 35.5. The molecule has 0 aliphatic carbocycles. The van der Waals surface area contributed by atoms with Crippen LogP contribution in [0.15, 0.2) is 23.4 Å². The van der Waals surface area contributed by atoms with Gasteiger partial charge in [-0.1, -0.05) is 11.6 Å². The number of hydrogen-bond donors (Lipinski definition) is 1. The number of halogens is 1. The highest BCUT2D eigenvalue weighted by Crippen LogP contribution is 2.24. The smallest absolute Gasteiger partial charge is 0.0856 e. The predicted molar refractivity (Wildman–Crippen MR) is 76.4 cm³/mol. The number of nitrogen functional groups attached to an aromatic ring is 1. The van der Waals surface area contributed by atoms with Gasteiger partial charge in [-0.2, -0.15) is 5.10 Å². The first kappa shape index (κ1) is 14.0. The number of nitrogens with two attached hydrogens (primary N) is 1. The molecule has 1 unspecified atom stereocenters. The first-order chi connectivity index (χ1) is 9.04. The van der Waals surface area contributed by atoms with Crippen molar-refractivity contribution in [2.45, 2.75) is 31.0 Å². The largest absolute Gasteiger partial charge is 0.396 e. The monoisotopic (exact) mass is 298 g/mol. The molecule has 0 spiro atoms. The molecule has 0 bridgehead atoms. The summed E-state index contributed by atoms with van der Waals surface area (Å²) in [6, 6.07) is 1.67. The average molecular weight is 299 g/mol. The summed E-state index contributed by atoms with van der Waals surface area (Å²) in [6.45, 7) is 4.49. The molecule has 0 saturated heterocycles. The lowest BCUT2D eigenvalue weighted by Gasteiger charge is -2.07. The van der Waals surface area contributed by atoms with Crippen molar-refractivity contribution >= 4 is 28.1 Å². The van der Waals surface area contributed by atoms with Crippen LogP contribution in [0.2, 0.25) is 5.02 Å². The van der Waals surface area contributed by atoms with E-state index >= 15 is 0 Å². The topological polar surface area (TPSA) is 73.8 Å². The maximum absolute atomic E-state index is 12.4. The quantitative estimate of drug-likeness (QED) is 0.938. The Balaban J connectivity index is 2.32. The maximum Gasteiger partial charge on any atom is 0.0856 e. The number of hydrogen-bond acceptors (Lipinski definition) is 4. The molecule has 19 heavy (non-hydrogen) atoms. The van der Waals surface area contributed by atoms with Crippen molar-refractivity contribution in [1.29, 1.82) is 0 Å². The van der Waals surface area contributed by atoms with Gasteiger partial charge in [-0.05, 0) is 19.9 Å². The highest BCUT2D eigenvalue weighted by Gasteiger charge is 2.17. The molecule has 5 nitrogen and oxygen atoms in total. The molecule has 0 aromatic carbocycles. The van der Waals surface area contributed by atoms with E-state index in [-0.39, 0.29) is 0 Å². The molecule has 2 heterocycles. The first-order valence-electron chi connectivity index (χ1n) is 5.84. The second kappa shape index (κ2) is 5.71. The van der Waals surface area contributed by atoms with Crippen molar-refractivity contribution in [2.75, 3.05) is 5.73 Å². The summed E-state index contributed by atoms with van der Waals surface area (Å²) in [6.07, 6.45) is 3.07. The Morgan fingerprint density at radius 3 is 2.89 bits per heavy atom. The van der Waals surface area contributed by atoms with Crippen LogP contribution in [0.25, 0.3) is 0 Å². The molecule has 2 aromatic heterocycles. The van der Waals surface area contributed by atoms with Gasteiger partial charge < -0.3 is 5.73 Å². The van der Waals surface area contributed by atoms with Crippen molar-refractivity contribution in [1.82, 2.24) is 14.8 Å². The van der Waals surface area contributed by atoms with Crippen LogP contribution in [0.3, 0.4) is 0 Å². The van der Waals surface area contributed by atoms with Crippen molar-refractivity contribution in [3.05, 3.63) is 34.9 Å². The van der Waals surface area contributed by atoms with E-state index in [0.717, 1.165) is 11.4 Å². The lowest BCUT2D eigenvalue weighted by molar-refractivity contribution is 0.627. The number of aryl methyl sites for hydroxylation is 2. The van der Waals surface area contributed by atoms with Gasteiger partial charge in [0.15, 0.2) is 0 Å². The molecule has 2 aromatic rings. The van der Waals surface area contributed by atoms with Crippen molar-refractivity contribution < 1.29 is 4.21 Å². The third kappa shape index (κ3) is 2.79. The van der Waals surface area contributed by atoms with Gasteiger partial charge in [-0.25, -0.2) is 0 Å². The van der Waals surface area contributed by atoms with E-state index in [1.807, 2.05) is 13.8 Å². The van der Waals surface area contributed by atoms with Gasteiger partial charge in [0.2, 0.25) is 0 Å². The minimum atomic E-state index is -1.27. The Bertz CT molecular complexity index is 626. The molecule has 0 radical (unpaired) electrons. The Kier molecular flexibility index (Phi) is 4.21. The Labute approximate surface area is 119 Å². The molecular formula is C12H15ClN4OS. The van der Waals surface area contributed by atoms with E-state index in [1.165, 1.54) is 6.20 Å². The SMILES string of the molecule is CCn1nc(C)c(Cl)c1CS(=O)c1ccncc1N. The van der Waals surface area contributed by atoms with Crippen LogP contribution in [0.1, 0.15) is 18.3 Å². The fourth-order valence-electron chi connectivity index (χ4n) is 1.81. The summed E-state index contributed by atoms with van der Waals surface area (Å²) < 4.78 is 14.1. The molecule has 102 valence electrons. The molecular weight excluding hydrogens is 284 g/mol. The van der Waals surface area contributed by atoms with Gasteiger partial charge in [0.25, 0.3) is 0 Å². The molecule has 0 saturated carbocycles. The number of anilines is 1. The van der Waals surface area contributed by atoms with Crippen LogP contribution in [-0.4, -0.2) is 19.0 Å². The second-order valence-corrected chi connectivity index (χ2v) is 5.86. The van der Waals surface area contributed by atoms with E-state index in [9.17, 15) is 4.21 Å². The summed E-state index contributed by atoms with van der Waals surface area (Å²) in [5, 5.41) is 4.88. The number of aromatic nitrogens is 3. The van der Waals surface area contributed by atoms with Gasteiger partial charge in [0.1, 0.15) is 0 Å². The Morgan fingerprint density at radius 2 is 2.26 bits per heavy atom. The van der Waals surface area contributed by atoms with Gasteiger partial charge in [0.05, 0.1) is 49.7 Å². The fourth-order valence-corrected chi connectivity index (χ4v) is 3.32. The third-order valence-electron chi connectivity index (χ3n) is 2.78. The highest BCUT2D eigenvalue weighted by molar-refractivity contribution is 7.84. The van der Waals surface area contributed by atoms with Gasteiger partial charge in [0, 0.05) is 12.7 Å². The normalized spacial score (nSPS) is 12.6. The fraction of sp³-hybridized carbons (Fsp3) is 0.333. The van der Waals surface area contributed by atoms with E-state index in [0.29, 0.717) is 27.9 Å². The van der Waals surface area contributed by atoms with Crippen LogP contribution in [-0.2, 0) is 23.1 Å². The van der Waals surface area contributed by atoms with Crippen molar-refractivity contribution in [3.63, 3.8) is 0 Å². The van der Waals surface area contributed by atoms with E-state index in [1.54, 1.807) is 16.9 Å². The number of rotatable bonds is 4. The van der Waals surface area contributed by atoms with Crippen LogP contribution < -0.4 is 5.73 Å². The van der Waals surface area contributed by atoms with Crippen LogP contribution in [0.4, 0.5) is 5.69 Å². The second-order valence-electron chi connectivity index (χ2n) is 4.07. The van der Waals surface area contributed by atoms with Crippen LogP contribution in [0.5, 0.6) is 0 Å². The van der Waals surface area contributed by atoms with Crippen LogP contribution in [0, 0.1) is 6.92 Å². The van der Waals surface area contributed by atoms with Gasteiger partial charge in [-0.3, -0.25) is 13.9 Å². The lowest BCUT2D eigenvalue weighted by Crippen LogP contribution is -2.07. The van der Waals surface area contributed by atoms with Crippen LogP contribution >= 0.6 is 11.6 Å². The summed E-state index contributed by atoms with van der Waals surface area (Å²) in [4.78, 5) is 4.46. The Morgan fingerprint density at radius 1 is 1.53 bits per heavy atom. The number of pyridine rings is 1. The average Bonchev–Trinajstić information content (AvgIpc) is 2.67. The van der Waals surface area contributed by atoms with E-state index in [4.69, 9.17) is 17.3 Å². The molecule has 0 amide bonds. The zero-order chi connectivity index (χ0) is 14.0.